The molecule has 0 radical (unpaired) electrons. The lowest BCUT2D eigenvalue weighted by atomic mass is 9.68. The van der Waals surface area contributed by atoms with Crippen LogP contribution in [-0.2, 0) is 16.6 Å². The summed E-state index contributed by atoms with van der Waals surface area (Å²) in [5.74, 6) is 0.608. The minimum Gasteiger partial charge on any atom is -0.492 e. The molecule has 2 aromatic rings. The Morgan fingerprint density at radius 1 is 1.12 bits per heavy atom. The van der Waals surface area contributed by atoms with Crippen LogP contribution in [0.15, 0.2) is 61.2 Å². The normalized spacial score (nSPS) is 21.7. The molecule has 1 aliphatic heterocycles. The van der Waals surface area contributed by atoms with E-state index in [0.29, 0.717) is 24.5 Å². The Kier molecular flexibility index (Phi) is 6.78. The van der Waals surface area contributed by atoms with Crippen molar-refractivity contribution in [2.24, 2.45) is 0 Å². The summed E-state index contributed by atoms with van der Waals surface area (Å²) in [7, 11) is 0. The summed E-state index contributed by atoms with van der Waals surface area (Å²) in [6.07, 6.45) is 5.33. The van der Waals surface area contributed by atoms with Gasteiger partial charge in [0, 0.05) is 24.4 Å². The van der Waals surface area contributed by atoms with Gasteiger partial charge in [0.25, 0.3) is 5.91 Å². The summed E-state index contributed by atoms with van der Waals surface area (Å²) in [6.45, 7) is 4.92. The average Bonchev–Trinajstić information content (AvgIpc) is 3.32. The van der Waals surface area contributed by atoms with Crippen molar-refractivity contribution in [1.29, 1.82) is 0 Å². The van der Waals surface area contributed by atoms with Crippen LogP contribution in [0.2, 0.25) is 0 Å². The molecule has 0 unspecified atom stereocenters. The van der Waals surface area contributed by atoms with E-state index in [1.165, 1.54) is 5.56 Å². The van der Waals surface area contributed by atoms with E-state index in [1.807, 2.05) is 36.4 Å². The lowest BCUT2D eigenvalue weighted by Gasteiger charge is -2.41. The van der Waals surface area contributed by atoms with E-state index in [1.54, 1.807) is 6.08 Å². The van der Waals surface area contributed by atoms with Crippen LogP contribution in [0.5, 0.6) is 5.75 Å². The number of nitrogens with one attached hydrogen (secondary N) is 2. The molecule has 2 amide bonds. The SMILES string of the molecule is C=CCOC(=O)N[C@H]1CC[C@@](CNC(=O)c2cccc3c2OCC3)(c2ccccc2)CC1. The number of hydrogen-bond donors (Lipinski definition) is 2. The number of rotatable bonds is 7. The van der Waals surface area contributed by atoms with Gasteiger partial charge in [0.05, 0.1) is 12.2 Å². The molecular weight excluding hydrogens is 404 g/mol. The number of fused-ring (bicyclic) bond motifs is 1. The lowest BCUT2D eigenvalue weighted by Crippen LogP contribution is -2.47. The highest BCUT2D eigenvalue weighted by Crippen LogP contribution is 2.39. The molecule has 1 fully saturated rings. The highest BCUT2D eigenvalue weighted by molar-refractivity contribution is 5.97. The first kappa shape index (κ1) is 21.9. The average molecular weight is 435 g/mol. The highest BCUT2D eigenvalue weighted by atomic mass is 16.5. The number of carbonyl (C=O) groups excluding carboxylic acids is 2. The molecule has 2 aromatic carbocycles. The monoisotopic (exact) mass is 434 g/mol. The molecule has 0 aromatic heterocycles. The second kappa shape index (κ2) is 9.90. The summed E-state index contributed by atoms with van der Waals surface area (Å²) < 4.78 is 10.8. The molecule has 0 atom stereocenters. The zero-order chi connectivity index (χ0) is 22.4. The Morgan fingerprint density at radius 2 is 1.91 bits per heavy atom. The third-order valence-corrected chi connectivity index (χ3v) is 6.53. The first-order chi connectivity index (χ1) is 15.6. The second-order valence-corrected chi connectivity index (χ2v) is 8.53. The molecule has 1 heterocycles. The standard InChI is InChI=1S/C26H30N2O4/c1-2-16-32-25(30)28-21-11-14-26(15-12-21,20-8-4-3-5-9-20)18-27-24(29)22-10-6-7-19-13-17-31-23(19)22/h2-10,21H,1,11-18H2,(H,27,29)(H,28,30)/t21-,26+. The van der Waals surface area contributed by atoms with Crippen molar-refractivity contribution in [3.63, 3.8) is 0 Å². The summed E-state index contributed by atoms with van der Waals surface area (Å²) in [5, 5.41) is 6.13. The zero-order valence-corrected chi connectivity index (χ0v) is 18.3. The predicted molar refractivity (Wildman–Crippen MR) is 123 cm³/mol. The van der Waals surface area contributed by atoms with E-state index in [2.05, 4.69) is 29.3 Å². The van der Waals surface area contributed by atoms with Crippen LogP contribution in [0.1, 0.15) is 47.2 Å². The van der Waals surface area contributed by atoms with Crippen molar-refractivity contribution in [1.82, 2.24) is 10.6 Å². The van der Waals surface area contributed by atoms with Crippen molar-refractivity contribution < 1.29 is 19.1 Å². The molecular formula is C26H30N2O4. The zero-order valence-electron chi connectivity index (χ0n) is 18.3. The van der Waals surface area contributed by atoms with E-state index in [-0.39, 0.29) is 24.0 Å². The van der Waals surface area contributed by atoms with Crippen molar-refractivity contribution in [2.45, 2.75) is 43.6 Å². The molecule has 32 heavy (non-hydrogen) atoms. The van der Waals surface area contributed by atoms with Gasteiger partial charge in [0.15, 0.2) is 0 Å². The topological polar surface area (TPSA) is 76.7 Å². The van der Waals surface area contributed by atoms with Crippen molar-refractivity contribution in [3.8, 4) is 5.75 Å². The molecule has 6 nitrogen and oxygen atoms in total. The first-order valence-electron chi connectivity index (χ1n) is 11.2. The fourth-order valence-corrected chi connectivity index (χ4v) is 4.76. The van der Waals surface area contributed by atoms with Gasteiger partial charge in [-0.2, -0.15) is 0 Å². The number of alkyl carbamates (subject to hydrolysis) is 1. The van der Waals surface area contributed by atoms with E-state index in [4.69, 9.17) is 9.47 Å². The van der Waals surface area contributed by atoms with Crippen LogP contribution in [0.3, 0.4) is 0 Å². The Balaban J connectivity index is 1.44. The molecule has 2 aliphatic rings. The predicted octanol–water partition coefficient (Wildman–Crippen LogP) is 4.14. The molecule has 0 spiro atoms. The van der Waals surface area contributed by atoms with Gasteiger partial charge in [0.2, 0.25) is 0 Å². The summed E-state index contributed by atoms with van der Waals surface area (Å²) >= 11 is 0. The maximum atomic E-state index is 13.1. The third-order valence-electron chi connectivity index (χ3n) is 6.53. The van der Waals surface area contributed by atoms with Gasteiger partial charge in [-0.15, -0.1) is 0 Å². The molecule has 6 heteroatoms. The Hall–Kier alpha value is -3.28. The Bertz CT molecular complexity index is 965. The van der Waals surface area contributed by atoms with Gasteiger partial charge in [-0.1, -0.05) is 55.1 Å². The van der Waals surface area contributed by atoms with Gasteiger partial charge < -0.3 is 20.1 Å². The van der Waals surface area contributed by atoms with Gasteiger partial charge >= 0.3 is 6.09 Å². The Labute approximate surface area is 189 Å². The fraction of sp³-hybridized carbons (Fsp3) is 0.385. The summed E-state index contributed by atoms with van der Waals surface area (Å²) in [5.41, 5.74) is 2.72. The van der Waals surface area contributed by atoms with Crippen molar-refractivity contribution in [3.05, 3.63) is 77.9 Å². The van der Waals surface area contributed by atoms with Crippen molar-refractivity contribution >= 4 is 12.0 Å². The number of hydrogen-bond acceptors (Lipinski definition) is 4. The lowest BCUT2D eigenvalue weighted by molar-refractivity contribution is 0.0931. The quantitative estimate of drug-likeness (QED) is 0.642. The molecule has 2 N–H and O–H groups in total. The molecule has 1 saturated carbocycles. The number of carbonyl (C=O) groups is 2. The molecule has 168 valence electrons. The van der Waals surface area contributed by atoms with Crippen LogP contribution in [0.25, 0.3) is 0 Å². The number of amides is 2. The fourth-order valence-electron chi connectivity index (χ4n) is 4.76. The van der Waals surface area contributed by atoms with E-state index in [0.717, 1.165) is 37.7 Å². The number of benzene rings is 2. The third kappa shape index (κ3) is 4.79. The van der Waals surface area contributed by atoms with E-state index >= 15 is 0 Å². The second-order valence-electron chi connectivity index (χ2n) is 8.53. The minimum atomic E-state index is -0.409. The minimum absolute atomic E-state index is 0.0608. The van der Waals surface area contributed by atoms with E-state index in [9.17, 15) is 9.59 Å². The largest absolute Gasteiger partial charge is 0.492 e. The molecule has 1 aliphatic carbocycles. The highest BCUT2D eigenvalue weighted by Gasteiger charge is 2.38. The maximum Gasteiger partial charge on any atom is 0.407 e. The first-order valence-corrected chi connectivity index (χ1v) is 11.2. The summed E-state index contributed by atoms with van der Waals surface area (Å²) in [6, 6.07) is 16.1. The van der Waals surface area contributed by atoms with E-state index < -0.39 is 6.09 Å². The number of para-hydroxylation sites is 1. The number of ether oxygens (including phenoxy) is 2. The van der Waals surface area contributed by atoms with Crippen LogP contribution in [0, 0.1) is 0 Å². The van der Waals surface area contributed by atoms with Crippen molar-refractivity contribution in [2.75, 3.05) is 19.8 Å². The maximum absolute atomic E-state index is 13.1. The van der Waals surface area contributed by atoms with Gasteiger partial charge in [-0.25, -0.2) is 4.79 Å². The smallest absolute Gasteiger partial charge is 0.407 e. The van der Waals surface area contributed by atoms with Gasteiger partial charge in [-0.3, -0.25) is 4.79 Å². The van der Waals surface area contributed by atoms with Crippen LogP contribution in [0.4, 0.5) is 4.79 Å². The van der Waals surface area contributed by atoms with Crippen LogP contribution in [-0.4, -0.2) is 37.8 Å². The van der Waals surface area contributed by atoms with Gasteiger partial charge in [-0.05, 0) is 42.9 Å². The van der Waals surface area contributed by atoms with Gasteiger partial charge in [0.1, 0.15) is 12.4 Å². The van der Waals surface area contributed by atoms with Crippen LogP contribution < -0.4 is 15.4 Å². The van der Waals surface area contributed by atoms with Crippen LogP contribution >= 0.6 is 0 Å². The molecule has 4 rings (SSSR count). The molecule has 0 bridgehead atoms. The molecule has 0 saturated heterocycles. The summed E-state index contributed by atoms with van der Waals surface area (Å²) in [4.78, 5) is 25.0. The Morgan fingerprint density at radius 3 is 2.66 bits per heavy atom.